The molecule has 2 aromatic rings. The molecule has 21 heavy (non-hydrogen) atoms. The summed E-state index contributed by atoms with van der Waals surface area (Å²) in [6.07, 6.45) is 2.61. The van der Waals surface area contributed by atoms with Gasteiger partial charge in [0.25, 0.3) is 0 Å². The number of benzene rings is 1. The maximum Gasteiger partial charge on any atom is 0.416 e. The van der Waals surface area contributed by atoms with E-state index in [1.807, 2.05) is 0 Å². The first-order valence-electron chi connectivity index (χ1n) is 6.15. The fourth-order valence-corrected chi connectivity index (χ4v) is 1.68. The lowest BCUT2D eigenvalue weighted by Crippen LogP contribution is -2.04. The Morgan fingerprint density at radius 3 is 2.43 bits per heavy atom. The second-order valence-corrected chi connectivity index (χ2v) is 4.29. The highest BCUT2D eigenvalue weighted by Crippen LogP contribution is 2.31. The molecule has 2 rings (SSSR count). The number of halogens is 3. The minimum atomic E-state index is -4.35. The molecule has 0 saturated carbocycles. The van der Waals surface area contributed by atoms with Crippen LogP contribution in [0.2, 0.25) is 0 Å². The van der Waals surface area contributed by atoms with E-state index in [2.05, 4.69) is 4.98 Å². The Bertz CT molecular complexity index is 622. The molecule has 1 aromatic carbocycles. The molecule has 0 saturated heterocycles. The van der Waals surface area contributed by atoms with Gasteiger partial charge < -0.3 is 10.5 Å². The normalized spacial score (nSPS) is 11.8. The van der Waals surface area contributed by atoms with Crippen molar-refractivity contribution in [1.82, 2.24) is 4.98 Å². The number of aromatic nitrogens is 1. The van der Waals surface area contributed by atoms with Crippen LogP contribution < -0.4 is 10.5 Å². The van der Waals surface area contributed by atoms with Crippen LogP contribution in [0.3, 0.4) is 0 Å². The number of hydrogen-bond donors (Lipinski definition) is 1. The molecule has 6 heteroatoms. The second kappa shape index (κ2) is 6.30. The lowest BCUT2D eigenvalue weighted by molar-refractivity contribution is -0.137. The van der Waals surface area contributed by atoms with Crippen LogP contribution in [0.5, 0.6) is 11.5 Å². The van der Waals surface area contributed by atoms with Gasteiger partial charge in [-0.15, -0.1) is 0 Å². The van der Waals surface area contributed by atoms with Crippen LogP contribution in [0.4, 0.5) is 13.2 Å². The number of allylic oxidation sites excluding steroid dienone is 1. The summed E-state index contributed by atoms with van der Waals surface area (Å²) in [5.41, 5.74) is 5.44. The predicted octanol–water partition coefficient (Wildman–Crippen LogP) is 3.91. The van der Waals surface area contributed by atoms with Gasteiger partial charge in [0.15, 0.2) is 0 Å². The van der Waals surface area contributed by atoms with Crippen molar-refractivity contribution in [3.8, 4) is 11.5 Å². The highest BCUT2D eigenvalue weighted by Gasteiger charge is 2.30. The molecule has 0 spiro atoms. The monoisotopic (exact) mass is 294 g/mol. The largest absolute Gasteiger partial charge is 0.456 e. The molecule has 2 N–H and O–H groups in total. The molecular weight excluding hydrogens is 281 g/mol. The Balaban J connectivity index is 2.11. The van der Waals surface area contributed by atoms with Crippen molar-refractivity contribution in [1.29, 1.82) is 0 Å². The SMILES string of the molecule is NC=CCc1cncc(Oc2ccc(C(F)(F)F)cc2)c1. The quantitative estimate of drug-likeness (QED) is 0.930. The molecular formula is C15H13F3N2O. The Labute approximate surface area is 119 Å². The molecule has 1 aromatic heterocycles. The van der Waals surface area contributed by atoms with Gasteiger partial charge in [-0.2, -0.15) is 13.2 Å². The van der Waals surface area contributed by atoms with E-state index in [0.717, 1.165) is 17.7 Å². The van der Waals surface area contributed by atoms with Gasteiger partial charge in [0, 0.05) is 6.20 Å². The standard InChI is InChI=1S/C15H13F3N2O/c16-15(17,18)12-3-5-13(6-4-12)21-14-8-11(2-1-7-19)9-20-10-14/h1,3-10H,2,19H2. The number of ether oxygens (including phenoxy) is 1. The van der Waals surface area contributed by atoms with Crippen LogP contribution in [-0.4, -0.2) is 4.98 Å². The summed E-state index contributed by atoms with van der Waals surface area (Å²) in [5.74, 6) is 0.772. The Hall–Kier alpha value is -2.50. The van der Waals surface area contributed by atoms with E-state index < -0.39 is 11.7 Å². The van der Waals surface area contributed by atoms with E-state index in [1.165, 1.54) is 24.5 Å². The summed E-state index contributed by atoms with van der Waals surface area (Å²) < 4.78 is 42.8. The van der Waals surface area contributed by atoms with E-state index in [1.54, 1.807) is 18.3 Å². The first kappa shape index (κ1) is 14.9. The third-order valence-corrected chi connectivity index (χ3v) is 2.68. The zero-order valence-corrected chi connectivity index (χ0v) is 11.0. The maximum atomic E-state index is 12.5. The first-order chi connectivity index (χ1) is 9.99. The summed E-state index contributed by atoms with van der Waals surface area (Å²) in [6, 6.07) is 6.25. The Kier molecular flexibility index (Phi) is 4.47. The number of nitrogens with two attached hydrogens (primary N) is 1. The molecule has 0 unspecified atom stereocenters. The Morgan fingerprint density at radius 2 is 1.81 bits per heavy atom. The van der Waals surface area contributed by atoms with Crippen molar-refractivity contribution < 1.29 is 17.9 Å². The fourth-order valence-electron chi connectivity index (χ4n) is 1.68. The van der Waals surface area contributed by atoms with Crippen molar-refractivity contribution in [3.63, 3.8) is 0 Å². The van der Waals surface area contributed by atoms with Crippen LogP contribution in [-0.2, 0) is 12.6 Å². The smallest absolute Gasteiger partial charge is 0.416 e. The predicted molar refractivity (Wildman–Crippen MR) is 72.8 cm³/mol. The van der Waals surface area contributed by atoms with Gasteiger partial charge in [0.2, 0.25) is 0 Å². The average Bonchev–Trinajstić information content (AvgIpc) is 2.45. The minimum Gasteiger partial charge on any atom is -0.456 e. The number of alkyl halides is 3. The van der Waals surface area contributed by atoms with Crippen LogP contribution in [0.1, 0.15) is 11.1 Å². The number of pyridine rings is 1. The van der Waals surface area contributed by atoms with E-state index in [-0.39, 0.29) is 0 Å². The molecule has 0 fully saturated rings. The van der Waals surface area contributed by atoms with Crippen molar-refractivity contribution in [2.24, 2.45) is 5.73 Å². The van der Waals surface area contributed by atoms with Gasteiger partial charge in [-0.1, -0.05) is 6.08 Å². The lowest BCUT2D eigenvalue weighted by atomic mass is 10.2. The molecule has 0 aliphatic heterocycles. The lowest BCUT2D eigenvalue weighted by Gasteiger charge is -2.09. The van der Waals surface area contributed by atoms with Crippen molar-refractivity contribution in [3.05, 3.63) is 66.1 Å². The second-order valence-electron chi connectivity index (χ2n) is 4.29. The van der Waals surface area contributed by atoms with E-state index >= 15 is 0 Å². The minimum absolute atomic E-state index is 0.316. The fraction of sp³-hybridized carbons (Fsp3) is 0.133. The van der Waals surface area contributed by atoms with Crippen LogP contribution in [0.15, 0.2) is 55.0 Å². The summed E-state index contributed by atoms with van der Waals surface area (Å²) >= 11 is 0. The number of nitrogens with zero attached hydrogens (tertiary/aromatic N) is 1. The Morgan fingerprint density at radius 1 is 1.10 bits per heavy atom. The number of rotatable bonds is 4. The average molecular weight is 294 g/mol. The van der Waals surface area contributed by atoms with E-state index in [0.29, 0.717) is 17.9 Å². The first-order valence-corrected chi connectivity index (χ1v) is 6.15. The van der Waals surface area contributed by atoms with Gasteiger partial charge in [0.1, 0.15) is 11.5 Å². The van der Waals surface area contributed by atoms with Crippen LogP contribution in [0, 0.1) is 0 Å². The highest BCUT2D eigenvalue weighted by molar-refractivity contribution is 5.34. The molecule has 1 heterocycles. The van der Waals surface area contributed by atoms with Gasteiger partial charge in [0.05, 0.1) is 11.8 Å². The molecule has 0 aliphatic rings. The molecule has 0 aliphatic carbocycles. The topological polar surface area (TPSA) is 48.1 Å². The van der Waals surface area contributed by atoms with Crippen LogP contribution in [0.25, 0.3) is 0 Å². The summed E-state index contributed by atoms with van der Waals surface area (Å²) in [4.78, 5) is 4.01. The third kappa shape index (κ3) is 4.24. The number of hydrogen-bond acceptors (Lipinski definition) is 3. The van der Waals surface area contributed by atoms with Gasteiger partial charge in [-0.25, -0.2) is 0 Å². The highest BCUT2D eigenvalue weighted by atomic mass is 19.4. The summed E-state index contributed by atoms with van der Waals surface area (Å²) in [7, 11) is 0. The van der Waals surface area contributed by atoms with E-state index in [4.69, 9.17) is 10.5 Å². The van der Waals surface area contributed by atoms with Gasteiger partial charge in [-0.05, 0) is 48.5 Å². The van der Waals surface area contributed by atoms with Crippen LogP contribution >= 0.6 is 0 Å². The molecule has 0 amide bonds. The summed E-state index contributed by atoms with van der Waals surface area (Å²) in [6.45, 7) is 0. The van der Waals surface area contributed by atoms with Crippen molar-refractivity contribution in [2.75, 3.05) is 0 Å². The van der Waals surface area contributed by atoms with E-state index in [9.17, 15) is 13.2 Å². The van der Waals surface area contributed by atoms with Crippen molar-refractivity contribution in [2.45, 2.75) is 12.6 Å². The summed E-state index contributed by atoms with van der Waals surface area (Å²) in [5, 5.41) is 0. The van der Waals surface area contributed by atoms with Crippen molar-refractivity contribution >= 4 is 0 Å². The molecule has 0 bridgehead atoms. The molecule has 0 radical (unpaired) electrons. The van der Waals surface area contributed by atoms with Gasteiger partial charge in [-0.3, -0.25) is 4.98 Å². The maximum absolute atomic E-state index is 12.5. The zero-order valence-electron chi connectivity index (χ0n) is 11.0. The molecule has 110 valence electrons. The molecule has 0 atom stereocenters. The zero-order chi connectivity index (χ0) is 15.3. The van der Waals surface area contributed by atoms with Gasteiger partial charge >= 0.3 is 6.18 Å². The molecule has 3 nitrogen and oxygen atoms in total. The third-order valence-electron chi connectivity index (χ3n) is 2.68.